The fraction of sp³-hybridized carbons (Fsp3) is 0.417. The van der Waals surface area contributed by atoms with Gasteiger partial charge in [0.1, 0.15) is 5.60 Å². The first-order chi connectivity index (χ1) is 7.90. The molecule has 1 heterocycles. The molecule has 0 spiro atoms. The van der Waals surface area contributed by atoms with Crippen molar-refractivity contribution in [3.05, 3.63) is 29.6 Å². The summed E-state index contributed by atoms with van der Waals surface area (Å²) in [6.45, 7) is 12.3. The van der Waals surface area contributed by atoms with E-state index in [-0.39, 0.29) is 11.7 Å². The maximum absolute atomic E-state index is 11.5. The molecule has 0 fully saturated rings. The Kier molecular flexibility index (Phi) is 4.53. The smallest absolute Gasteiger partial charge is 0.316 e. The largest absolute Gasteiger partial charge is 0.459 e. The number of ether oxygens (including phenoxy) is 1. The van der Waals surface area contributed by atoms with E-state index in [0.717, 1.165) is 0 Å². The van der Waals surface area contributed by atoms with Gasteiger partial charge in [-0.05, 0) is 32.9 Å². The van der Waals surface area contributed by atoms with Crippen LogP contribution in [-0.4, -0.2) is 22.3 Å². The van der Waals surface area contributed by atoms with Gasteiger partial charge in [-0.15, -0.1) is 4.98 Å². The van der Waals surface area contributed by atoms with Crippen molar-refractivity contribution < 1.29 is 9.53 Å². The topological polar surface area (TPSA) is 43.5 Å². The van der Waals surface area contributed by atoms with Crippen LogP contribution in [0.3, 0.4) is 0 Å². The van der Waals surface area contributed by atoms with E-state index in [1.807, 2.05) is 20.8 Å². The van der Waals surface area contributed by atoms with Gasteiger partial charge in [0, 0.05) is 0 Å². The Labute approximate surface area is 105 Å². The molecule has 0 unspecified atom stereocenters. The van der Waals surface area contributed by atoms with Crippen molar-refractivity contribution in [2.45, 2.75) is 31.4 Å². The van der Waals surface area contributed by atoms with Crippen LogP contribution in [0, 0.1) is 6.57 Å². The van der Waals surface area contributed by atoms with E-state index in [1.165, 1.54) is 11.8 Å². The average molecular weight is 250 g/mol. The van der Waals surface area contributed by atoms with Crippen LogP contribution in [-0.2, 0) is 9.53 Å². The van der Waals surface area contributed by atoms with E-state index in [0.29, 0.717) is 10.8 Å². The minimum atomic E-state index is -0.469. The molecular formula is C12H14N2O2S. The maximum atomic E-state index is 11.5. The lowest BCUT2D eigenvalue weighted by Gasteiger charge is -2.18. The van der Waals surface area contributed by atoms with Gasteiger partial charge in [-0.25, -0.2) is 0 Å². The van der Waals surface area contributed by atoms with Gasteiger partial charge in [-0.2, -0.15) is 0 Å². The minimum Gasteiger partial charge on any atom is -0.459 e. The summed E-state index contributed by atoms with van der Waals surface area (Å²) < 4.78 is 5.17. The molecule has 1 aromatic heterocycles. The fourth-order valence-electron chi connectivity index (χ4n) is 1.05. The van der Waals surface area contributed by atoms with Gasteiger partial charge in [-0.1, -0.05) is 24.4 Å². The second-order valence-electron chi connectivity index (χ2n) is 4.32. The molecule has 0 aliphatic heterocycles. The van der Waals surface area contributed by atoms with Gasteiger partial charge in [0.05, 0.1) is 5.75 Å². The first-order valence-electron chi connectivity index (χ1n) is 5.10. The molecule has 0 aromatic carbocycles. The summed E-state index contributed by atoms with van der Waals surface area (Å²) in [5.74, 6) is 0.253. The van der Waals surface area contributed by atoms with Crippen LogP contribution in [0.5, 0.6) is 0 Å². The zero-order chi connectivity index (χ0) is 12.9. The van der Waals surface area contributed by atoms with Crippen molar-refractivity contribution in [2.75, 3.05) is 5.75 Å². The van der Waals surface area contributed by atoms with Gasteiger partial charge in [0.2, 0.25) is 0 Å². The summed E-state index contributed by atoms with van der Waals surface area (Å²) in [6, 6.07) is 5.14. The number of esters is 1. The molecule has 0 aliphatic carbocycles. The predicted molar refractivity (Wildman–Crippen MR) is 67.1 cm³/mol. The van der Waals surface area contributed by atoms with Gasteiger partial charge in [-0.3, -0.25) is 4.79 Å². The van der Waals surface area contributed by atoms with Gasteiger partial charge in [0.25, 0.3) is 5.82 Å². The lowest BCUT2D eigenvalue weighted by atomic mass is 10.2. The van der Waals surface area contributed by atoms with E-state index >= 15 is 0 Å². The highest BCUT2D eigenvalue weighted by molar-refractivity contribution is 7.99. The van der Waals surface area contributed by atoms with Crippen LogP contribution in [0.15, 0.2) is 23.2 Å². The number of nitrogens with zero attached hydrogens (tertiary/aromatic N) is 2. The van der Waals surface area contributed by atoms with Crippen LogP contribution in [0.1, 0.15) is 20.8 Å². The van der Waals surface area contributed by atoms with Crippen LogP contribution in [0.25, 0.3) is 4.85 Å². The summed E-state index contributed by atoms with van der Waals surface area (Å²) >= 11 is 1.27. The number of carbonyl (C=O) groups is 1. The first kappa shape index (κ1) is 13.5. The highest BCUT2D eigenvalue weighted by Crippen LogP contribution is 2.19. The van der Waals surface area contributed by atoms with Crippen LogP contribution < -0.4 is 0 Å². The number of rotatable bonds is 3. The Morgan fingerprint density at radius 2 is 2.24 bits per heavy atom. The molecule has 0 amide bonds. The summed E-state index contributed by atoms with van der Waals surface area (Å²) in [5, 5.41) is 0.657. The van der Waals surface area contributed by atoms with Crippen LogP contribution in [0.4, 0.5) is 5.82 Å². The maximum Gasteiger partial charge on any atom is 0.316 e. The molecular weight excluding hydrogens is 236 g/mol. The molecule has 0 atom stereocenters. The number of hydrogen-bond acceptors (Lipinski definition) is 4. The zero-order valence-corrected chi connectivity index (χ0v) is 10.9. The molecule has 17 heavy (non-hydrogen) atoms. The van der Waals surface area contributed by atoms with Crippen molar-refractivity contribution in [1.82, 2.24) is 4.98 Å². The molecule has 1 rings (SSSR count). The van der Waals surface area contributed by atoms with E-state index in [1.54, 1.807) is 18.2 Å². The molecule has 90 valence electrons. The highest BCUT2D eigenvalue weighted by atomic mass is 32.2. The van der Waals surface area contributed by atoms with Crippen LogP contribution >= 0.6 is 11.8 Å². The number of hydrogen-bond donors (Lipinski definition) is 0. The van der Waals surface area contributed by atoms with E-state index < -0.39 is 5.60 Å². The van der Waals surface area contributed by atoms with E-state index in [2.05, 4.69) is 9.83 Å². The standard InChI is InChI=1S/C12H14N2O2S/c1-12(2,3)16-11(15)8-17-10-7-5-6-9(13-4)14-10/h5-7H,8H2,1-3H3. The normalized spacial score (nSPS) is 10.7. The Morgan fingerprint density at radius 3 is 2.82 bits per heavy atom. The Balaban J connectivity index is 2.51. The van der Waals surface area contributed by atoms with Crippen molar-refractivity contribution in [1.29, 1.82) is 0 Å². The lowest BCUT2D eigenvalue weighted by Crippen LogP contribution is -2.24. The number of pyridine rings is 1. The van der Waals surface area contributed by atoms with E-state index in [9.17, 15) is 4.79 Å². The van der Waals surface area contributed by atoms with Crippen LogP contribution in [0.2, 0.25) is 0 Å². The second kappa shape index (κ2) is 5.69. The second-order valence-corrected chi connectivity index (χ2v) is 5.32. The van der Waals surface area contributed by atoms with Crippen molar-refractivity contribution in [3.8, 4) is 0 Å². The molecule has 4 nitrogen and oxygen atoms in total. The van der Waals surface area contributed by atoms with Gasteiger partial charge < -0.3 is 9.58 Å². The Hall–Kier alpha value is -1.54. The molecule has 0 saturated heterocycles. The molecule has 0 radical (unpaired) electrons. The highest BCUT2D eigenvalue weighted by Gasteiger charge is 2.16. The van der Waals surface area contributed by atoms with E-state index in [4.69, 9.17) is 11.3 Å². The van der Waals surface area contributed by atoms with Crippen molar-refractivity contribution >= 4 is 23.5 Å². The monoisotopic (exact) mass is 250 g/mol. The molecule has 0 saturated carbocycles. The first-order valence-corrected chi connectivity index (χ1v) is 6.08. The van der Waals surface area contributed by atoms with Gasteiger partial charge in [0.15, 0.2) is 5.03 Å². The average Bonchev–Trinajstić information content (AvgIpc) is 2.24. The lowest BCUT2D eigenvalue weighted by molar-refractivity contribution is -0.151. The molecule has 0 N–H and O–H groups in total. The van der Waals surface area contributed by atoms with Crippen molar-refractivity contribution in [3.63, 3.8) is 0 Å². The number of aromatic nitrogens is 1. The van der Waals surface area contributed by atoms with Crippen molar-refractivity contribution in [2.24, 2.45) is 0 Å². The molecule has 1 aromatic rings. The predicted octanol–water partition coefficient (Wildman–Crippen LogP) is 3.07. The third kappa shape index (κ3) is 5.36. The zero-order valence-electron chi connectivity index (χ0n) is 10.1. The third-order valence-corrected chi connectivity index (χ3v) is 2.48. The molecule has 0 aliphatic rings. The quantitative estimate of drug-likeness (QED) is 0.470. The summed E-state index contributed by atoms with van der Waals surface area (Å²) in [7, 11) is 0. The summed E-state index contributed by atoms with van der Waals surface area (Å²) in [4.78, 5) is 18.7. The van der Waals surface area contributed by atoms with Gasteiger partial charge >= 0.3 is 5.97 Å². The Morgan fingerprint density at radius 1 is 1.53 bits per heavy atom. The summed E-state index contributed by atoms with van der Waals surface area (Å²) in [6.07, 6.45) is 0. The number of thioether (sulfide) groups is 1. The Bertz CT molecular complexity index is 447. The SMILES string of the molecule is [C-]#[N+]c1cccc(SCC(=O)OC(C)(C)C)n1. The summed E-state index contributed by atoms with van der Waals surface area (Å²) in [5.41, 5.74) is -0.469. The third-order valence-electron chi connectivity index (χ3n) is 1.58. The molecule has 5 heteroatoms. The molecule has 0 bridgehead atoms. The minimum absolute atomic E-state index is 0.200. The number of carbonyl (C=O) groups excluding carboxylic acids is 1. The fourth-order valence-corrected chi connectivity index (χ4v) is 1.71.